The Morgan fingerprint density at radius 3 is 2.27 bits per heavy atom. The predicted molar refractivity (Wildman–Crippen MR) is 40.5 cm³/mol. The standard InChI is InChI=1S/C10H5.Li/c1-2-3-7-10-8-5-4-6-9-10;/h4-6,8-9H;/q-1;+1. The molecule has 1 rings (SSSR count). The van der Waals surface area contributed by atoms with E-state index in [2.05, 4.69) is 11.8 Å². The summed E-state index contributed by atoms with van der Waals surface area (Å²) in [6.45, 7) is 0. The van der Waals surface area contributed by atoms with E-state index >= 15 is 0 Å². The Labute approximate surface area is 79.2 Å². The second kappa shape index (κ2) is 5.70. The van der Waals surface area contributed by atoms with E-state index in [1.807, 2.05) is 36.3 Å². The number of benzene rings is 1. The van der Waals surface area contributed by atoms with E-state index in [4.69, 9.17) is 6.42 Å². The SMILES string of the molecule is [C-]#CC#Cc1ccccc1.[Li+]. The molecule has 0 heterocycles. The third kappa shape index (κ3) is 3.60. The van der Waals surface area contributed by atoms with E-state index in [9.17, 15) is 0 Å². The minimum absolute atomic E-state index is 0. The molecule has 0 N–H and O–H groups in total. The molecular formula is C10H5Li. The third-order valence-electron chi connectivity index (χ3n) is 1.04. The smallest absolute Gasteiger partial charge is 0.358 e. The second-order valence-electron chi connectivity index (χ2n) is 1.74. The zero-order valence-corrected chi connectivity index (χ0v) is 6.39. The van der Waals surface area contributed by atoms with Gasteiger partial charge in [-0.3, -0.25) is 5.92 Å². The molecule has 1 aromatic carbocycles. The molecule has 0 fully saturated rings. The molecule has 0 nitrogen and oxygen atoms in total. The van der Waals surface area contributed by atoms with Gasteiger partial charge in [-0.15, -0.1) is 0 Å². The van der Waals surface area contributed by atoms with Crippen LogP contribution in [-0.2, 0) is 0 Å². The van der Waals surface area contributed by atoms with E-state index in [0.717, 1.165) is 5.56 Å². The summed E-state index contributed by atoms with van der Waals surface area (Å²) in [5, 5.41) is 0. The Kier molecular flexibility index (Phi) is 5.15. The molecule has 0 aliphatic carbocycles. The van der Waals surface area contributed by atoms with E-state index in [0.29, 0.717) is 0 Å². The third-order valence-corrected chi connectivity index (χ3v) is 1.04. The van der Waals surface area contributed by atoms with Gasteiger partial charge in [-0.1, -0.05) is 18.2 Å². The minimum Gasteiger partial charge on any atom is -0.358 e. The van der Waals surface area contributed by atoms with Gasteiger partial charge in [-0.25, -0.2) is 5.92 Å². The molecule has 0 saturated carbocycles. The van der Waals surface area contributed by atoms with Crippen molar-refractivity contribution in [3.8, 4) is 17.8 Å². The maximum atomic E-state index is 6.53. The summed E-state index contributed by atoms with van der Waals surface area (Å²) in [7, 11) is 0. The molecule has 0 amide bonds. The Bertz CT molecular complexity index is 295. The molecule has 0 aromatic heterocycles. The van der Waals surface area contributed by atoms with Crippen LogP contribution in [0.3, 0.4) is 0 Å². The van der Waals surface area contributed by atoms with E-state index in [1.54, 1.807) is 0 Å². The molecule has 0 bridgehead atoms. The van der Waals surface area contributed by atoms with Crippen LogP contribution in [0.1, 0.15) is 5.56 Å². The van der Waals surface area contributed by atoms with Gasteiger partial charge in [0.05, 0.1) is 0 Å². The van der Waals surface area contributed by atoms with Crippen LogP contribution in [0.2, 0.25) is 0 Å². The quantitative estimate of drug-likeness (QED) is 0.232. The first-order valence-electron chi connectivity index (χ1n) is 2.91. The van der Waals surface area contributed by atoms with Crippen LogP contribution in [-0.4, -0.2) is 0 Å². The summed E-state index contributed by atoms with van der Waals surface area (Å²) in [6, 6.07) is 9.54. The zero-order chi connectivity index (χ0) is 7.23. The van der Waals surface area contributed by atoms with Gasteiger partial charge in [0.2, 0.25) is 0 Å². The van der Waals surface area contributed by atoms with Crippen molar-refractivity contribution in [2.75, 3.05) is 0 Å². The van der Waals surface area contributed by atoms with Crippen molar-refractivity contribution in [2.24, 2.45) is 0 Å². The van der Waals surface area contributed by atoms with Crippen molar-refractivity contribution in [1.29, 1.82) is 0 Å². The molecule has 11 heavy (non-hydrogen) atoms. The number of rotatable bonds is 0. The van der Waals surface area contributed by atoms with Gasteiger partial charge < -0.3 is 6.42 Å². The molecule has 0 aliphatic rings. The number of hydrogen-bond donors (Lipinski definition) is 0. The second-order valence-corrected chi connectivity index (χ2v) is 1.74. The molecule has 0 atom stereocenters. The summed E-state index contributed by atoms with van der Waals surface area (Å²) in [5.74, 6) is 7.18. The normalized spacial score (nSPS) is 6.45. The van der Waals surface area contributed by atoms with Crippen molar-refractivity contribution in [3.05, 3.63) is 42.3 Å². The zero-order valence-electron chi connectivity index (χ0n) is 6.39. The van der Waals surface area contributed by atoms with Gasteiger partial charge in [0.15, 0.2) is 0 Å². The van der Waals surface area contributed by atoms with Crippen LogP contribution in [0.4, 0.5) is 0 Å². The maximum absolute atomic E-state index is 6.53. The Morgan fingerprint density at radius 2 is 1.73 bits per heavy atom. The van der Waals surface area contributed by atoms with Crippen molar-refractivity contribution in [3.63, 3.8) is 0 Å². The summed E-state index contributed by atoms with van der Waals surface area (Å²) < 4.78 is 0. The van der Waals surface area contributed by atoms with Crippen molar-refractivity contribution in [1.82, 2.24) is 0 Å². The summed E-state index contributed by atoms with van der Waals surface area (Å²) >= 11 is 0. The minimum atomic E-state index is 0. The van der Waals surface area contributed by atoms with Crippen molar-refractivity contribution in [2.45, 2.75) is 0 Å². The predicted octanol–water partition coefficient (Wildman–Crippen LogP) is -1.37. The van der Waals surface area contributed by atoms with Gasteiger partial charge in [0.1, 0.15) is 0 Å². The van der Waals surface area contributed by atoms with E-state index in [-0.39, 0.29) is 18.9 Å². The Morgan fingerprint density at radius 1 is 1.09 bits per heavy atom. The fourth-order valence-corrected chi connectivity index (χ4v) is 0.625. The largest absolute Gasteiger partial charge is 1.00 e. The first-order valence-corrected chi connectivity index (χ1v) is 2.91. The van der Waals surface area contributed by atoms with Crippen LogP contribution in [0, 0.1) is 24.2 Å². The van der Waals surface area contributed by atoms with Gasteiger partial charge in [-0.05, 0) is 12.1 Å². The van der Waals surface area contributed by atoms with Crippen LogP contribution in [0.5, 0.6) is 0 Å². The van der Waals surface area contributed by atoms with E-state index in [1.165, 1.54) is 0 Å². The molecule has 1 aromatic rings. The molecule has 1 heteroatoms. The first kappa shape index (κ1) is 9.94. The molecule has 0 spiro atoms. The van der Waals surface area contributed by atoms with Gasteiger partial charge >= 0.3 is 18.9 Å². The summed E-state index contributed by atoms with van der Waals surface area (Å²) in [4.78, 5) is 0. The topological polar surface area (TPSA) is 0 Å². The van der Waals surface area contributed by atoms with Crippen LogP contribution in [0.25, 0.3) is 0 Å². The number of hydrogen-bond acceptors (Lipinski definition) is 0. The molecule has 0 saturated heterocycles. The first-order chi connectivity index (χ1) is 4.93. The van der Waals surface area contributed by atoms with Crippen molar-refractivity contribution >= 4 is 0 Å². The average molecular weight is 132 g/mol. The summed E-state index contributed by atoms with van der Waals surface area (Å²) in [5.41, 5.74) is 0.919. The molecule has 46 valence electrons. The molecule has 0 unspecified atom stereocenters. The van der Waals surface area contributed by atoms with Crippen LogP contribution < -0.4 is 18.9 Å². The molecule has 0 radical (unpaired) electrons. The van der Waals surface area contributed by atoms with E-state index < -0.39 is 0 Å². The van der Waals surface area contributed by atoms with Crippen molar-refractivity contribution < 1.29 is 18.9 Å². The Hall–Kier alpha value is -1.06. The summed E-state index contributed by atoms with van der Waals surface area (Å²) in [6.07, 6.45) is 6.53. The fourth-order valence-electron chi connectivity index (χ4n) is 0.625. The average Bonchev–Trinajstić information content (AvgIpc) is 2.03. The van der Waals surface area contributed by atoms with Gasteiger partial charge in [-0.2, -0.15) is 5.92 Å². The molecule has 0 aliphatic heterocycles. The monoisotopic (exact) mass is 132 g/mol. The Balaban J connectivity index is 0.000001000. The van der Waals surface area contributed by atoms with Crippen LogP contribution in [0.15, 0.2) is 30.3 Å². The van der Waals surface area contributed by atoms with Crippen LogP contribution >= 0.6 is 0 Å². The fraction of sp³-hybridized carbons (Fsp3) is 0. The van der Waals surface area contributed by atoms with Gasteiger partial charge in [0.25, 0.3) is 0 Å². The van der Waals surface area contributed by atoms with Gasteiger partial charge in [0, 0.05) is 5.56 Å². The molecular weight excluding hydrogens is 127 g/mol. The maximum Gasteiger partial charge on any atom is 1.00 e.